The fourth-order valence-electron chi connectivity index (χ4n) is 9.75. The number of benzene rings is 1. The van der Waals surface area contributed by atoms with E-state index in [-0.39, 0.29) is 115 Å². The number of carbonyl (C=O) groups is 8. The minimum Gasteiger partial charge on any atom is -0.494 e. The maximum atomic E-state index is 14.6. The van der Waals surface area contributed by atoms with Crippen molar-refractivity contribution in [2.24, 2.45) is 5.14 Å². The number of esters is 6. The highest BCUT2D eigenvalue weighted by Gasteiger charge is 2.38. The number of aromatic nitrogens is 4. The van der Waals surface area contributed by atoms with Gasteiger partial charge in [-0.3, -0.25) is 43.3 Å². The largest absolute Gasteiger partial charge is 0.494 e. The van der Waals surface area contributed by atoms with Crippen LogP contribution in [0, 0.1) is 0 Å². The Morgan fingerprint density at radius 2 is 0.739 bits per heavy atom. The van der Waals surface area contributed by atoms with E-state index < -0.39 is 102 Å². The SMILES string of the molecule is CC(C)(C)OC(=O)CCC(CCC(=O)OC(C)(C)C)(CCC(=O)OC(C)(C)C)NC(=O)Cn1ccnc1CN(CCCCOc1ccc(S(N)(=O)=O)cc1)Cc1nccn1CC(=O)NC(CCC(=O)OC(C)(C)C)(CCC(=O)OC(C)(C)C)CCC(=O)OC(C)(C)C. The predicted octanol–water partition coefficient (Wildman–Crippen LogP) is 9.03. The number of rotatable bonds is 35. The first kappa shape index (κ1) is 79.3. The van der Waals surface area contributed by atoms with Gasteiger partial charge in [-0.25, -0.2) is 23.5 Å². The molecule has 0 aliphatic rings. The van der Waals surface area contributed by atoms with Gasteiger partial charge in [0.1, 0.15) is 64.1 Å². The van der Waals surface area contributed by atoms with E-state index in [1.54, 1.807) is 159 Å². The predicted molar refractivity (Wildman–Crippen MR) is 343 cm³/mol. The zero-order valence-corrected chi connectivity index (χ0v) is 58.7. The number of amides is 2. The molecule has 92 heavy (non-hydrogen) atoms. The molecule has 0 atom stereocenters. The van der Waals surface area contributed by atoms with Gasteiger partial charge in [0, 0.05) is 74.4 Å². The standard InChI is InChI=1S/C66H106N8O17S/c1-59(2,3)86-53(77)25-31-65(32-26-54(78)87-60(4,5)6,33-27-55(79)88-61(7,8)9)70-51(75)45-73-40-37-68-49(73)43-72(39-19-20-42-85-47-21-23-48(24-22-47)92(67,83)84)44-50-69-38-41-74(50)46-52(76)71-66(34-28-56(80)89-62(10,11)12,35-29-57(81)90-63(13,14)15)36-30-58(82)91-64(16,17)18/h21-24,37-38,40-41H,19-20,25-36,39,42-46H2,1-18H3,(H,70,75)(H,71,76)(H2,67,83,84). The third kappa shape index (κ3) is 33.6. The number of sulfonamides is 1. The quantitative estimate of drug-likeness (QED) is 0.0281. The molecule has 2 heterocycles. The summed E-state index contributed by atoms with van der Waals surface area (Å²) in [6.45, 7) is 31.6. The van der Waals surface area contributed by atoms with Gasteiger partial charge in [0.15, 0.2) is 0 Å². The number of carbonyl (C=O) groups excluding carboxylic acids is 8. The summed E-state index contributed by atoms with van der Waals surface area (Å²) in [6.07, 6.45) is 6.52. The zero-order chi connectivity index (χ0) is 69.7. The number of hydrogen-bond donors (Lipinski definition) is 3. The molecule has 0 bridgehead atoms. The summed E-state index contributed by atoms with van der Waals surface area (Å²) in [5, 5.41) is 11.5. The van der Waals surface area contributed by atoms with Crippen LogP contribution in [0.1, 0.15) is 226 Å². The Hall–Kier alpha value is -6.93. The van der Waals surface area contributed by atoms with Gasteiger partial charge < -0.3 is 52.9 Å². The van der Waals surface area contributed by atoms with Crippen LogP contribution in [0.2, 0.25) is 0 Å². The van der Waals surface area contributed by atoms with Crippen molar-refractivity contribution >= 4 is 57.7 Å². The minimum atomic E-state index is -3.91. The summed E-state index contributed by atoms with van der Waals surface area (Å²) in [4.78, 5) is 120. The van der Waals surface area contributed by atoms with E-state index in [1.807, 2.05) is 4.90 Å². The molecule has 518 valence electrons. The Morgan fingerprint density at radius 3 is 1.00 bits per heavy atom. The Labute approximate surface area is 545 Å². The Bertz CT molecular complexity index is 2720. The number of ether oxygens (including phenoxy) is 7. The van der Waals surface area contributed by atoms with Gasteiger partial charge in [-0.15, -0.1) is 0 Å². The van der Waals surface area contributed by atoms with Crippen molar-refractivity contribution in [3.63, 3.8) is 0 Å². The number of nitrogens with one attached hydrogen (secondary N) is 2. The summed E-state index contributed by atoms with van der Waals surface area (Å²) in [5.74, 6) is -2.92. The first-order valence-corrected chi connectivity index (χ1v) is 33.0. The lowest BCUT2D eigenvalue weighted by atomic mass is 9.83. The summed E-state index contributed by atoms with van der Waals surface area (Å²) in [6, 6.07) is 5.73. The Balaban J connectivity index is 2.07. The van der Waals surface area contributed by atoms with E-state index >= 15 is 0 Å². The number of unbranched alkanes of at least 4 members (excludes halogenated alkanes) is 1. The number of imidazole rings is 2. The van der Waals surface area contributed by atoms with Gasteiger partial charge in [0.05, 0.1) is 24.6 Å². The van der Waals surface area contributed by atoms with Gasteiger partial charge in [-0.1, -0.05) is 0 Å². The molecule has 0 aliphatic heterocycles. The van der Waals surface area contributed by atoms with Crippen molar-refractivity contribution in [3.8, 4) is 5.75 Å². The second-order valence-electron chi connectivity index (χ2n) is 29.4. The smallest absolute Gasteiger partial charge is 0.306 e. The number of primary sulfonamides is 1. The Kier molecular flexibility index (Phi) is 29.1. The van der Waals surface area contributed by atoms with Crippen LogP contribution in [-0.4, -0.2) is 138 Å². The molecular weight excluding hydrogens is 1210 g/mol. The molecule has 0 radical (unpaired) electrons. The molecule has 3 aromatic rings. The van der Waals surface area contributed by atoms with Gasteiger partial charge in [-0.2, -0.15) is 0 Å². The normalized spacial score (nSPS) is 12.8. The van der Waals surface area contributed by atoms with Crippen LogP contribution in [0.25, 0.3) is 0 Å². The molecule has 26 heteroatoms. The molecule has 4 N–H and O–H groups in total. The van der Waals surface area contributed by atoms with Crippen molar-refractivity contribution in [1.29, 1.82) is 0 Å². The molecule has 0 fully saturated rings. The highest BCUT2D eigenvalue weighted by Crippen LogP contribution is 2.31. The average molecular weight is 1320 g/mol. The number of hydrogen-bond acceptors (Lipinski definition) is 20. The average Bonchev–Trinajstić information content (AvgIpc) is 1.27. The lowest BCUT2D eigenvalue weighted by Crippen LogP contribution is -2.51. The molecule has 3 rings (SSSR count). The second kappa shape index (κ2) is 33.8. The molecule has 25 nitrogen and oxygen atoms in total. The van der Waals surface area contributed by atoms with Crippen LogP contribution in [0.4, 0.5) is 0 Å². The van der Waals surface area contributed by atoms with Crippen molar-refractivity contribution in [3.05, 3.63) is 60.7 Å². The van der Waals surface area contributed by atoms with Crippen LogP contribution < -0.4 is 20.5 Å². The second-order valence-corrected chi connectivity index (χ2v) is 31.0. The summed E-state index contributed by atoms with van der Waals surface area (Å²) in [7, 11) is -3.91. The van der Waals surface area contributed by atoms with E-state index in [0.717, 1.165) is 0 Å². The maximum absolute atomic E-state index is 14.6. The van der Waals surface area contributed by atoms with Crippen LogP contribution in [0.5, 0.6) is 5.75 Å². The molecule has 2 amide bonds. The lowest BCUT2D eigenvalue weighted by Gasteiger charge is -2.36. The van der Waals surface area contributed by atoms with Gasteiger partial charge in [0.2, 0.25) is 21.8 Å². The highest BCUT2D eigenvalue weighted by atomic mass is 32.2. The third-order valence-electron chi connectivity index (χ3n) is 13.4. The van der Waals surface area contributed by atoms with Crippen molar-refractivity contribution in [1.82, 2.24) is 34.6 Å². The van der Waals surface area contributed by atoms with E-state index in [4.69, 9.17) is 38.3 Å². The molecular formula is C66H106N8O17S. The van der Waals surface area contributed by atoms with E-state index in [0.29, 0.717) is 36.8 Å². The maximum Gasteiger partial charge on any atom is 0.306 e. The monoisotopic (exact) mass is 1310 g/mol. The number of nitrogens with zero attached hydrogens (tertiary/aromatic N) is 5. The minimum absolute atomic E-state index is 0.00431. The molecule has 1 aromatic carbocycles. The molecule has 0 aliphatic carbocycles. The first-order chi connectivity index (χ1) is 42.1. The summed E-state index contributed by atoms with van der Waals surface area (Å²) in [5.41, 5.74) is -7.50. The lowest BCUT2D eigenvalue weighted by molar-refractivity contribution is -0.158. The molecule has 0 unspecified atom stereocenters. The van der Waals surface area contributed by atoms with E-state index in [1.165, 1.54) is 24.3 Å². The summed E-state index contributed by atoms with van der Waals surface area (Å²) < 4.78 is 66.9. The Morgan fingerprint density at radius 1 is 0.457 bits per heavy atom. The molecule has 0 saturated heterocycles. The van der Waals surface area contributed by atoms with Crippen molar-refractivity contribution < 1.29 is 79.9 Å². The summed E-state index contributed by atoms with van der Waals surface area (Å²) >= 11 is 0. The van der Waals surface area contributed by atoms with Crippen LogP contribution in [-0.2, 0) is 103 Å². The van der Waals surface area contributed by atoms with Gasteiger partial charge >= 0.3 is 35.8 Å². The molecule has 0 spiro atoms. The first-order valence-electron chi connectivity index (χ1n) is 31.5. The van der Waals surface area contributed by atoms with Crippen LogP contribution in [0.15, 0.2) is 53.9 Å². The molecule has 0 saturated carbocycles. The fourth-order valence-corrected chi connectivity index (χ4v) is 10.3. The number of nitrogens with two attached hydrogens (primary N) is 1. The van der Waals surface area contributed by atoms with Gasteiger partial charge in [0.25, 0.3) is 0 Å². The zero-order valence-electron chi connectivity index (χ0n) is 57.9. The highest BCUT2D eigenvalue weighted by molar-refractivity contribution is 7.89. The van der Waals surface area contributed by atoms with Crippen molar-refractivity contribution in [2.45, 2.75) is 290 Å². The van der Waals surface area contributed by atoms with E-state index in [2.05, 4.69) is 20.6 Å². The van der Waals surface area contributed by atoms with Crippen molar-refractivity contribution in [2.75, 3.05) is 13.2 Å². The third-order valence-corrected chi connectivity index (χ3v) is 14.4. The topological polar surface area (TPSA) is 324 Å². The van der Waals surface area contributed by atoms with E-state index in [9.17, 15) is 46.8 Å². The van der Waals surface area contributed by atoms with Crippen LogP contribution in [0.3, 0.4) is 0 Å². The molecule has 2 aromatic heterocycles. The van der Waals surface area contributed by atoms with Gasteiger partial charge in [-0.05, 0) is 207 Å². The fraction of sp³-hybridized carbons (Fsp3) is 0.697. The van der Waals surface area contributed by atoms with Crippen LogP contribution >= 0.6 is 0 Å².